The summed E-state index contributed by atoms with van der Waals surface area (Å²) in [6.45, 7) is 2.81. The van der Waals surface area contributed by atoms with Gasteiger partial charge in [-0.25, -0.2) is 13.4 Å². The minimum atomic E-state index is -3.61. The highest BCUT2D eigenvalue weighted by molar-refractivity contribution is 7.89. The maximum atomic E-state index is 12.8. The van der Waals surface area contributed by atoms with Crippen molar-refractivity contribution in [3.63, 3.8) is 0 Å². The van der Waals surface area contributed by atoms with Crippen LogP contribution in [0, 0.1) is 0 Å². The van der Waals surface area contributed by atoms with Crippen LogP contribution in [0.15, 0.2) is 35.5 Å². The smallest absolute Gasteiger partial charge is 0.274 e. The molecule has 1 aliphatic heterocycles. The number of nitrogens with zero attached hydrogens (tertiary/aromatic N) is 4. The van der Waals surface area contributed by atoms with Gasteiger partial charge in [0.25, 0.3) is 5.91 Å². The molecular weight excluding hydrogens is 340 g/mol. The molecule has 134 valence electrons. The number of hydrogen-bond acceptors (Lipinski definition) is 4. The van der Waals surface area contributed by atoms with E-state index >= 15 is 0 Å². The van der Waals surface area contributed by atoms with Crippen LogP contribution in [0.25, 0.3) is 5.69 Å². The van der Waals surface area contributed by atoms with Crippen LogP contribution < -0.4 is 0 Å². The molecule has 0 saturated carbocycles. The summed E-state index contributed by atoms with van der Waals surface area (Å²) in [7, 11) is -0.349. The van der Waals surface area contributed by atoms with E-state index in [2.05, 4.69) is 11.9 Å². The number of carbonyl (C=O) groups excluding carboxylic acids is 1. The van der Waals surface area contributed by atoms with Gasteiger partial charge in [-0.1, -0.05) is 25.5 Å². The van der Waals surface area contributed by atoms with E-state index in [4.69, 9.17) is 0 Å². The van der Waals surface area contributed by atoms with E-state index in [0.717, 1.165) is 12.8 Å². The molecule has 3 rings (SSSR count). The Hall–Kier alpha value is -2.19. The maximum Gasteiger partial charge on any atom is 0.274 e. The van der Waals surface area contributed by atoms with Crippen LogP contribution in [-0.4, -0.2) is 53.7 Å². The standard InChI is InChI=1S/C17H22N4O3S/c1-4-5-10-19(2)17(22)16-14-11-20(3)25(23,24)15-9-7-6-8-13(15)21(14)12-18-16/h6-9,12H,4-5,10-11H2,1-3H3. The molecule has 0 radical (unpaired) electrons. The second-order valence-corrected chi connectivity index (χ2v) is 8.23. The highest BCUT2D eigenvalue weighted by atomic mass is 32.2. The molecule has 25 heavy (non-hydrogen) atoms. The number of rotatable bonds is 4. The highest BCUT2D eigenvalue weighted by Crippen LogP contribution is 2.30. The van der Waals surface area contributed by atoms with E-state index in [1.165, 1.54) is 17.7 Å². The van der Waals surface area contributed by atoms with Crippen LogP contribution in [0.3, 0.4) is 0 Å². The van der Waals surface area contributed by atoms with Crippen molar-refractivity contribution in [2.24, 2.45) is 0 Å². The molecule has 0 N–H and O–H groups in total. The lowest BCUT2D eigenvalue weighted by Gasteiger charge is -2.17. The van der Waals surface area contributed by atoms with E-state index in [1.54, 1.807) is 40.8 Å². The van der Waals surface area contributed by atoms with Crippen molar-refractivity contribution in [2.45, 2.75) is 31.2 Å². The van der Waals surface area contributed by atoms with E-state index < -0.39 is 10.0 Å². The van der Waals surface area contributed by atoms with Gasteiger partial charge in [0.1, 0.15) is 11.2 Å². The predicted octanol–water partition coefficient (Wildman–Crippen LogP) is 1.88. The van der Waals surface area contributed by atoms with Crippen molar-refractivity contribution < 1.29 is 13.2 Å². The summed E-state index contributed by atoms with van der Waals surface area (Å²) in [5.41, 5.74) is 1.41. The van der Waals surface area contributed by atoms with E-state index in [9.17, 15) is 13.2 Å². The highest BCUT2D eigenvalue weighted by Gasteiger charge is 2.33. The van der Waals surface area contributed by atoms with Crippen LogP contribution in [0.4, 0.5) is 0 Å². The summed E-state index contributed by atoms with van der Waals surface area (Å²) < 4.78 is 28.5. The van der Waals surface area contributed by atoms with Gasteiger partial charge in [0, 0.05) is 20.6 Å². The van der Waals surface area contributed by atoms with E-state index in [-0.39, 0.29) is 17.3 Å². The lowest BCUT2D eigenvalue weighted by Crippen LogP contribution is -2.30. The largest absolute Gasteiger partial charge is 0.340 e. The van der Waals surface area contributed by atoms with Crippen molar-refractivity contribution in [1.82, 2.24) is 18.8 Å². The Morgan fingerprint density at radius 1 is 1.32 bits per heavy atom. The molecule has 0 saturated heterocycles. The molecule has 1 aromatic carbocycles. The zero-order valence-corrected chi connectivity index (χ0v) is 15.5. The first-order valence-corrected chi connectivity index (χ1v) is 9.69. The van der Waals surface area contributed by atoms with Gasteiger partial charge >= 0.3 is 0 Å². The van der Waals surface area contributed by atoms with Gasteiger partial charge in [-0.15, -0.1) is 0 Å². The van der Waals surface area contributed by atoms with Gasteiger partial charge in [-0.05, 0) is 18.6 Å². The summed E-state index contributed by atoms with van der Waals surface area (Å²) in [5.74, 6) is -0.188. The van der Waals surface area contributed by atoms with Crippen LogP contribution in [-0.2, 0) is 16.6 Å². The summed E-state index contributed by atoms with van der Waals surface area (Å²) in [6, 6.07) is 6.77. The van der Waals surface area contributed by atoms with Gasteiger partial charge in [-0.3, -0.25) is 9.36 Å². The summed E-state index contributed by atoms with van der Waals surface area (Å²) >= 11 is 0. The van der Waals surface area contributed by atoms with Crippen molar-refractivity contribution in [2.75, 3.05) is 20.6 Å². The molecule has 0 fully saturated rings. The first-order chi connectivity index (χ1) is 11.9. The molecule has 2 aromatic rings. The fraction of sp³-hybridized carbons (Fsp3) is 0.412. The summed E-state index contributed by atoms with van der Waals surface area (Å²) in [5, 5.41) is 0. The zero-order valence-electron chi connectivity index (χ0n) is 14.6. The number of hydrogen-bond donors (Lipinski definition) is 0. The van der Waals surface area contributed by atoms with Crippen molar-refractivity contribution in [3.8, 4) is 5.69 Å². The Morgan fingerprint density at radius 3 is 2.76 bits per heavy atom. The quantitative estimate of drug-likeness (QED) is 0.832. The Balaban J connectivity index is 2.10. The summed E-state index contributed by atoms with van der Waals surface area (Å²) in [4.78, 5) is 18.9. The van der Waals surface area contributed by atoms with E-state index in [1.807, 2.05) is 0 Å². The van der Waals surface area contributed by atoms with Crippen LogP contribution in [0.5, 0.6) is 0 Å². The third-order valence-electron chi connectivity index (χ3n) is 4.45. The molecule has 0 bridgehead atoms. The number of fused-ring (bicyclic) bond motifs is 3. The number of carbonyl (C=O) groups is 1. The number of benzene rings is 1. The average molecular weight is 362 g/mol. The third kappa shape index (κ3) is 2.96. The Kier molecular flexibility index (Phi) is 4.66. The molecule has 1 aromatic heterocycles. The van der Waals surface area contributed by atoms with Gasteiger partial charge < -0.3 is 4.90 Å². The van der Waals surface area contributed by atoms with Crippen LogP contribution in [0.2, 0.25) is 0 Å². The lowest BCUT2D eigenvalue weighted by atomic mass is 10.2. The number of amides is 1. The van der Waals surface area contributed by atoms with Crippen molar-refractivity contribution in [3.05, 3.63) is 42.0 Å². The Bertz CT molecular complexity index is 904. The molecule has 1 aliphatic rings. The number of aromatic nitrogens is 2. The monoisotopic (exact) mass is 362 g/mol. The van der Waals surface area contributed by atoms with E-state index in [0.29, 0.717) is 23.6 Å². The van der Waals surface area contributed by atoms with Crippen LogP contribution >= 0.6 is 0 Å². The number of unbranched alkanes of at least 4 members (excludes halogenated alkanes) is 1. The average Bonchev–Trinajstić information content (AvgIpc) is 2.98. The first kappa shape index (κ1) is 17.6. The Labute approximate surface area is 147 Å². The summed E-state index contributed by atoms with van der Waals surface area (Å²) in [6.07, 6.45) is 3.44. The molecule has 2 heterocycles. The third-order valence-corrected chi connectivity index (χ3v) is 6.30. The molecule has 0 unspecified atom stereocenters. The maximum absolute atomic E-state index is 12.8. The number of para-hydroxylation sites is 1. The SMILES string of the molecule is CCCCN(C)C(=O)c1ncn2c1CN(C)S(=O)(=O)c1ccccc1-2. The molecule has 0 spiro atoms. The fourth-order valence-corrected chi connectivity index (χ4v) is 4.24. The normalized spacial score (nSPS) is 16.0. The second-order valence-electron chi connectivity index (χ2n) is 6.22. The lowest BCUT2D eigenvalue weighted by molar-refractivity contribution is 0.0786. The second kappa shape index (κ2) is 6.61. The molecule has 7 nitrogen and oxygen atoms in total. The number of sulfonamides is 1. The first-order valence-electron chi connectivity index (χ1n) is 8.25. The molecular formula is C17H22N4O3S. The Morgan fingerprint density at radius 2 is 2.04 bits per heavy atom. The molecule has 0 atom stereocenters. The number of imidazole rings is 1. The molecule has 1 amide bonds. The van der Waals surface area contributed by atoms with Gasteiger partial charge in [-0.2, -0.15) is 4.31 Å². The van der Waals surface area contributed by atoms with Gasteiger partial charge in [0.05, 0.1) is 17.9 Å². The molecule has 8 heteroatoms. The fourth-order valence-electron chi connectivity index (χ4n) is 2.93. The van der Waals surface area contributed by atoms with Crippen LogP contribution in [0.1, 0.15) is 35.9 Å². The van der Waals surface area contributed by atoms with Gasteiger partial charge in [0.2, 0.25) is 10.0 Å². The van der Waals surface area contributed by atoms with Crippen molar-refractivity contribution in [1.29, 1.82) is 0 Å². The van der Waals surface area contributed by atoms with Crippen molar-refractivity contribution >= 4 is 15.9 Å². The topological polar surface area (TPSA) is 75.5 Å². The minimum absolute atomic E-state index is 0.0969. The zero-order chi connectivity index (χ0) is 18.2. The predicted molar refractivity (Wildman–Crippen MR) is 94.1 cm³/mol. The molecule has 0 aliphatic carbocycles. The minimum Gasteiger partial charge on any atom is -0.340 e. The van der Waals surface area contributed by atoms with Gasteiger partial charge in [0.15, 0.2) is 5.69 Å².